The lowest BCUT2D eigenvalue weighted by Gasteiger charge is -2.19. The molecule has 2 aliphatic rings. The maximum atomic E-state index is 3.55. The highest BCUT2D eigenvalue weighted by atomic mass is 15.6. The highest BCUT2D eigenvalue weighted by Gasteiger charge is 2.33. The molecule has 0 amide bonds. The van der Waals surface area contributed by atoms with Crippen molar-refractivity contribution in [1.29, 1.82) is 0 Å². The van der Waals surface area contributed by atoms with Crippen molar-refractivity contribution in [1.82, 2.24) is 5.43 Å². The van der Waals surface area contributed by atoms with Gasteiger partial charge in [-0.05, 0) is 38.3 Å². The second-order valence-corrected chi connectivity index (χ2v) is 5.24. The smallest absolute Gasteiger partial charge is 0.242 e. The molecule has 3 heteroatoms. The molecule has 0 aliphatic carbocycles. The number of hydrogen-bond acceptors (Lipinski definition) is 2. The lowest BCUT2D eigenvalue weighted by Crippen LogP contribution is -2.37. The third-order valence-electron chi connectivity index (χ3n) is 3.70. The SMILES string of the molecule is Cc1cc(C)c(N2C[N+]3=C(CCC3)N2)c(C)c1. The third kappa shape index (κ3) is 1.70. The lowest BCUT2D eigenvalue weighted by molar-refractivity contribution is -0.511. The van der Waals surface area contributed by atoms with Gasteiger partial charge in [-0.3, -0.25) is 0 Å². The number of amidine groups is 1. The predicted octanol–water partition coefficient (Wildman–Crippen LogP) is 2.10. The summed E-state index contributed by atoms with van der Waals surface area (Å²) < 4.78 is 2.44. The molecule has 0 fully saturated rings. The highest BCUT2D eigenvalue weighted by molar-refractivity contribution is 5.82. The molecule has 1 aromatic rings. The summed E-state index contributed by atoms with van der Waals surface area (Å²) in [5, 5.41) is 2.29. The van der Waals surface area contributed by atoms with Gasteiger partial charge in [0.2, 0.25) is 0 Å². The van der Waals surface area contributed by atoms with Gasteiger partial charge in [0.1, 0.15) is 0 Å². The number of aryl methyl sites for hydroxylation is 3. The van der Waals surface area contributed by atoms with E-state index < -0.39 is 0 Å². The second-order valence-electron chi connectivity index (χ2n) is 5.24. The van der Waals surface area contributed by atoms with Crippen molar-refractivity contribution in [2.45, 2.75) is 33.6 Å². The quantitative estimate of drug-likeness (QED) is 0.745. The Morgan fingerprint density at radius 3 is 2.53 bits per heavy atom. The minimum Gasteiger partial charge on any atom is -0.242 e. The number of benzene rings is 1. The van der Waals surface area contributed by atoms with E-state index in [4.69, 9.17) is 0 Å². The molecule has 0 atom stereocenters. The third-order valence-corrected chi connectivity index (χ3v) is 3.70. The van der Waals surface area contributed by atoms with Crippen LogP contribution in [-0.4, -0.2) is 23.6 Å². The van der Waals surface area contributed by atoms with Gasteiger partial charge in [0, 0.05) is 0 Å². The van der Waals surface area contributed by atoms with Gasteiger partial charge in [0.05, 0.1) is 18.7 Å². The zero-order chi connectivity index (χ0) is 12.0. The van der Waals surface area contributed by atoms with E-state index in [1.807, 2.05) is 0 Å². The van der Waals surface area contributed by atoms with Crippen LogP contribution in [0.15, 0.2) is 12.1 Å². The van der Waals surface area contributed by atoms with Gasteiger partial charge in [-0.25, -0.2) is 4.58 Å². The van der Waals surface area contributed by atoms with Gasteiger partial charge >= 0.3 is 0 Å². The van der Waals surface area contributed by atoms with Crippen molar-refractivity contribution in [3.05, 3.63) is 28.8 Å². The summed E-state index contributed by atoms with van der Waals surface area (Å²) in [4.78, 5) is 0. The van der Waals surface area contributed by atoms with E-state index in [0.29, 0.717) is 0 Å². The van der Waals surface area contributed by atoms with Crippen molar-refractivity contribution >= 4 is 11.5 Å². The summed E-state index contributed by atoms with van der Waals surface area (Å²) in [6.07, 6.45) is 2.49. The maximum Gasteiger partial charge on any atom is 0.270 e. The molecule has 3 nitrogen and oxygen atoms in total. The molecule has 0 saturated heterocycles. The van der Waals surface area contributed by atoms with Crippen LogP contribution in [0.4, 0.5) is 5.69 Å². The van der Waals surface area contributed by atoms with Gasteiger partial charge in [-0.2, -0.15) is 10.4 Å². The molecular weight excluding hydrogens is 210 g/mol. The molecule has 3 rings (SSSR count). The zero-order valence-electron chi connectivity index (χ0n) is 10.9. The summed E-state index contributed by atoms with van der Waals surface area (Å²) in [5.41, 5.74) is 8.95. The number of nitrogens with one attached hydrogen (secondary N) is 1. The Labute approximate surface area is 103 Å². The summed E-state index contributed by atoms with van der Waals surface area (Å²) in [6.45, 7) is 8.74. The van der Waals surface area contributed by atoms with Gasteiger partial charge < -0.3 is 0 Å². The Morgan fingerprint density at radius 2 is 1.88 bits per heavy atom. The van der Waals surface area contributed by atoms with E-state index in [0.717, 1.165) is 6.67 Å². The van der Waals surface area contributed by atoms with E-state index in [1.165, 1.54) is 47.6 Å². The lowest BCUT2D eigenvalue weighted by atomic mass is 10.1. The van der Waals surface area contributed by atoms with Crippen LogP contribution in [0.5, 0.6) is 0 Å². The van der Waals surface area contributed by atoms with Crippen LogP contribution >= 0.6 is 0 Å². The van der Waals surface area contributed by atoms with Crippen LogP contribution in [0.2, 0.25) is 0 Å². The number of anilines is 1. The fraction of sp³-hybridized carbons (Fsp3) is 0.500. The number of rotatable bonds is 1. The molecule has 0 unspecified atom stereocenters. The molecular formula is C14H20N3+. The largest absolute Gasteiger partial charge is 0.270 e. The summed E-state index contributed by atoms with van der Waals surface area (Å²) in [6, 6.07) is 4.52. The Kier molecular flexibility index (Phi) is 2.35. The first-order valence-corrected chi connectivity index (χ1v) is 6.38. The fourth-order valence-corrected chi connectivity index (χ4v) is 3.10. The number of hydrazine groups is 1. The van der Waals surface area contributed by atoms with Crippen LogP contribution < -0.4 is 10.4 Å². The predicted molar refractivity (Wildman–Crippen MR) is 70.5 cm³/mol. The molecule has 17 heavy (non-hydrogen) atoms. The molecule has 1 N–H and O–H groups in total. The second kappa shape index (κ2) is 3.76. The Morgan fingerprint density at radius 1 is 1.18 bits per heavy atom. The normalized spacial score (nSPS) is 18.6. The molecule has 0 saturated carbocycles. The first-order chi connectivity index (χ1) is 8.15. The molecule has 0 bridgehead atoms. The Bertz CT molecular complexity index is 463. The molecule has 2 heterocycles. The molecule has 1 aromatic carbocycles. The van der Waals surface area contributed by atoms with Gasteiger partial charge in [-0.15, -0.1) is 0 Å². The first kappa shape index (κ1) is 10.6. The number of nitrogens with zero attached hydrogens (tertiary/aromatic N) is 2. The molecule has 0 radical (unpaired) electrons. The Balaban J connectivity index is 1.92. The van der Waals surface area contributed by atoms with Gasteiger partial charge in [0.25, 0.3) is 5.84 Å². The Hall–Kier alpha value is -1.51. The van der Waals surface area contributed by atoms with Crippen molar-refractivity contribution in [2.24, 2.45) is 0 Å². The van der Waals surface area contributed by atoms with E-state index in [-0.39, 0.29) is 0 Å². The fourth-order valence-electron chi connectivity index (χ4n) is 3.10. The van der Waals surface area contributed by atoms with Gasteiger partial charge in [-0.1, -0.05) is 17.7 Å². The maximum absolute atomic E-state index is 3.55. The summed E-state index contributed by atoms with van der Waals surface area (Å²) in [5.74, 6) is 1.39. The minimum absolute atomic E-state index is 0.986. The highest BCUT2D eigenvalue weighted by Crippen LogP contribution is 2.27. The van der Waals surface area contributed by atoms with Crippen molar-refractivity contribution in [3.63, 3.8) is 0 Å². The molecule has 0 spiro atoms. The van der Waals surface area contributed by atoms with Gasteiger partial charge in [0.15, 0.2) is 6.67 Å². The average Bonchev–Trinajstić information content (AvgIpc) is 2.75. The van der Waals surface area contributed by atoms with Crippen LogP contribution in [0.3, 0.4) is 0 Å². The molecule has 2 aliphatic heterocycles. The average molecular weight is 230 g/mol. The van der Waals surface area contributed by atoms with Crippen molar-refractivity contribution < 1.29 is 4.58 Å². The topological polar surface area (TPSA) is 18.3 Å². The van der Waals surface area contributed by atoms with E-state index in [2.05, 4.69) is 47.9 Å². The van der Waals surface area contributed by atoms with Crippen LogP contribution in [0.25, 0.3) is 0 Å². The molecule has 0 aromatic heterocycles. The van der Waals surface area contributed by atoms with Crippen LogP contribution in [0.1, 0.15) is 29.5 Å². The van der Waals surface area contributed by atoms with Crippen molar-refractivity contribution in [3.8, 4) is 0 Å². The number of hydrogen-bond donors (Lipinski definition) is 1. The molecule has 90 valence electrons. The minimum atomic E-state index is 0.986. The van der Waals surface area contributed by atoms with Crippen LogP contribution in [-0.2, 0) is 0 Å². The standard InChI is InChI=1S/C14H19N3/c1-10-7-11(2)14(12(3)8-10)17-9-16-6-4-5-13(16)15-17/h7-8H,4-6,9H2,1-3H3/p+1. The van der Waals surface area contributed by atoms with E-state index >= 15 is 0 Å². The monoisotopic (exact) mass is 230 g/mol. The van der Waals surface area contributed by atoms with Crippen molar-refractivity contribution in [2.75, 3.05) is 18.2 Å². The summed E-state index contributed by atoms with van der Waals surface area (Å²) >= 11 is 0. The van der Waals surface area contributed by atoms with E-state index in [9.17, 15) is 0 Å². The van der Waals surface area contributed by atoms with Crippen LogP contribution in [0, 0.1) is 20.8 Å². The zero-order valence-corrected chi connectivity index (χ0v) is 10.9. The van der Waals surface area contributed by atoms with E-state index in [1.54, 1.807) is 0 Å². The summed E-state index contributed by atoms with van der Waals surface area (Å²) in [7, 11) is 0. The first-order valence-electron chi connectivity index (χ1n) is 6.38.